The van der Waals surface area contributed by atoms with Gasteiger partial charge in [-0.3, -0.25) is 0 Å². The minimum absolute atomic E-state index is 0.442. The lowest BCUT2D eigenvalue weighted by molar-refractivity contribution is -0.0297. The molecular formula is C15H29NO. The highest BCUT2D eigenvalue weighted by Crippen LogP contribution is 2.37. The smallest absolute Gasteiger partial charge is 0.0733 e. The molecule has 0 bridgehead atoms. The standard InChI is InChI=1S/C15H29NO/c1-4-16-13-7-9-15(2,3)11-14(13)17-10-8-12-5-6-12/h12-14,16H,4-11H2,1-3H3. The van der Waals surface area contributed by atoms with Crippen LogP contribution < -0.4 is 5.32 Å². The van der Waals surface area contributed by atoms with Crippen LogP contribution in [0.1, 0.15) is 59.3 Å². The van der Waals surface area contributed by atoms with E-state index in [1.165, 1.54) is 38.5 Å². The first-order chi connectivity index (χ1) is 8.11. The molecule has 17 heavy (non-hydrogen) atoms. The molecule has 2 saturated carbocycles. The molecule has 0 aliphatic heterocycles. The van der Waals surface area contributed by atoms with E-state index in [0.717, 1.165) is 19.1 Å². The number of ether oxygens (including phenoxy) is 1. The second kappa shape index (κ2) is 5.71. The maximum absolute atomic E-state index is 6.17. The van der Waals surface area contributed by atoms with E-state index in [0.29, 0.717) is 17.6 Å². The second-order valence-electron chi connectivity index (χ2n) is 6.71. The maximum Gasteiger partial charge on any atom is 0.0733 e. The Bertz CT molecular complexity index is 235. The normalized spacial score (nSPS) is 32.6. The Labute approximate surface area is 107 Å². The molecule has 0 spiro atoms. The summed E-state index contributed by atoms with van der Waals surface area (Å²) in [6.07, 6.45) is 8.43. The molecule has 2 aliphatic rings. The molecule has 0 amide bonds. The molecule has 0 radical (unpaired) electrons. The van der Waals surface area contributed by atoms with Gasteiger partial charge in [-0.15, -0.1) is 0 Å². The molecule has 2 unspecified atom stereocenters. The Balaban J connectivity index is 1.78. The molecular weight excluding hydrogens is 210 g/mol. The quantitative estimate of drug-likeness (QED) is 0.767. The van der Waals surface area contributed by atoms with E-state index >= 15 is 0 Å². The van der Waals surface area contributed by atoms with Gasteiger partial charge in [-0.2, -0.15) is 0 Å². The van der Waals surface area contributed by atoms with Crippen molar-refractivity contribution in [2.75, 3.05) is 13.2 Å². The number of likely N-dealkylation sites (N-methyl/N-ethyl adjacent to an activating group) is 1. The number of hydrogen-bond donors (Lipinski definition) is 1. The topological polar surface area (TPSA) is 21.3 Å². The molecule has 100 valence electrons. The largest absolute Gasteiger partial charge is 0.377 e. The third-order valence-electron chi connectivity index (χ3n) is 4.36. The van der Waals surface area contributed by atoms with Gasteiger partial charge >= 0.3 is 0 Å². The highest BCUT2D eigenvalue weighted by molar-refractivity contribution is 4.89. The average Bonchev–Trinajstić information content (AvgIpc) is 3.05. The fourth-order valence-corrected chi connectivity index (χ4v) is 2.98. The van der Waals surface area contributed by atoms with Gasteiger partial charge in [-0.1, -0.05) is 33.6 Å². The molecule has 2 atom stereocenters. The third kappa shape index (κ3) is 4.26. The van der Waals surface area contributed by atoms with Crippen molar-refractivity contribution in [2.45, 2.75) is 71.4 Å². The van der Waals surface area contributed by atoms with Crippen LogP contribution in [-0.4, -0.2) is 25.3 Å². The Morgan fingerprint density at radius 2 is 2.00 bits per heavy atom. The first kappa shape index (κ1) is 13.4. The lowest BCUT2D eigenvalue weighted by atomic mass is 9.74. The monoisotopic (exact) mass is 239 g/mol. The van der Waals surface area contributed by atoms with E-state index in [9.17, 15) is 0 Å². The number of rotatable bonds is 6. The fourth-order valence-electron chi connectivity index (χ4n) is 2.98. The highest BCUT2D eigenvalue weighted by atomic mass is 16.5. The van der Waals surface area contributed by atoms with E-state index in [2.05, 4.69) is 26.1 Å². The summed E-state index contributed by atoms with van der Waals surface area (Å²) in [6, 6.07) is 0.590. The summed E-state index contributed by atoms with van der Waals surface area (Å²) < 4.78 is 6.17. The first-order valence-electron chi connectivity index (χ1n) is 7.46. The van der Waals surface area contributed by atoms with Gasteiger partial charge in [-0.05, 0) is 43.6 Å². The molecule has 0 aromatic carbocycles. The van der Waals surface area contributed by atoms with E-state index in [4.69, 9.17) is 4.74 Å². The summed E-state index contributed by atoms with van der Waals surface area (Å²) in [5.41, 5.74) is 0.468. The Kier molecular flexibility index (Phi) is 4.48. The van der Waals surface area contributed by atoms with Crippen molar-refractivity contribution >= 4 is 0 Å². The van der Waals surface area contributed by atoms with Crippen LogP contribution in [0.25, 0.3) is 0 Å². The Morgan fingerprint density at radius 3 is 2.65 bits per heavy atom. The maximum atomic E-state index is 6.17. The van der Waals surface area contributed by atoms with Gasteiger partial charge in [0.25, 0.3) is 0 Å². The molecule has 2 heteroatoms. The zero-order chi connectivity index (χ0) is 12.3. The van der Waals surface area contributed by atoms with Crippen LogP contribution in [0.15, 0.2) is 0 Å². The van der Waals surface area contributed by atoms with Crippen molar-refractivity contribution in [3.05, 3.63) is 0 Å². The minimum atomic E-state index is 0.442. The summed E-state index contributed by atoms with van der Waals surface area (Å²) in [5, 5.41) is 3.60. The van der Waals surface area contributed by atoms with Crippen molar-refractivity contribution in [1.82, 2.24) is 5.32 Å². The van der Waals surface area contributed by atoms with Gasteiger partial charge in [0.2, 0.25) is 0 Å². The van der Waals surface area contributed by atoms with Gasteiger partial charge in [0.15, 0.2) is 0 Å². The molecule has 2 rings (SSSR count). The Morgan fingerprint density at radius 1 is 1.24 bits per heavy atom. The van der Waals surface area contributed by atoms with Gasteiger partial charge in [-0.25, -0.2) is 0 Å². The highest BCUT2D eigenvalue weighted by Gasteiger charge is 2.35. The van der Waals surface area contributed by atoms with Crippen LogP contribution in [0.2, 0.25) is 0 Å². The average molecular weight is 239 g/mol. The minimum Gasteiger partial charge on any atom is -0.377 e. The molecule has 0 aromatic rings. The molecule has 1 N–H and O–H groups in total. The van der Waals surface area contributed by atoms with Crippen LogP contribution in [0.3, 0.4) is 0 Å². The SMILES string of the molecule is CCNC1CCC(C)(C)CC1OCCC1CC1. The van der Waals surface area contributed by atoms with Crippen LogP contribution in [0.4, 0.5) is 0 Å². The van der Waals surface area contributed by atoms with Gasteiger partial charge in [0.05, 0.1) is 6.10 Å². The van der Waals surface area contributed by atoms with Gasteiger partial charge in [0, 0.05) is 12.6 Å². The molecule has 0 aromatic heterocycles. The molecule has 2 aliphatic carbocycles. The van der Waals surface area contributed by atoms with E-state index < -0.39 is 0 Å². The fraction of sp³-hybridized carbons (Fsp3) is 1.00. The zero-order valence-corrected chi connectivity index (χ0v) is 11.8. The van der Waals surface area contributed by atoms with Crippen LogP contribution in [0.5, 0.6) is 0 Å². The van der Waals surface area contributed by atoms with E-state index in [1.807, 2.05) is 0 Å². The number of nitrogens with one attached hydrogen (secondary N) is 1. The predicted octanol–water partition coefficient (Wildman–Crippen LogP) is 3.36. The van der Waals surface area contributed by atoms with E-state index in [1.54, 1.807) is 0 Å². The van der Waals surface area contributed by atoms with Crippen molar-refractivity contribution < 1.29 is 4.74 Å². The zero-order valence-electron chi connectivity index (χ0n) is 11.8. The molecule has 2 nitrogen and oxygen atoms in total. The summed E-state index contributed by atoms with van der Waals surface area (Å²) in [7, 11) is 0. The summed E-state index contributed by atoms with van der Waals surface area (Å²) in [6.45, 7) is 9.00. The van der Waals surface area contributed by atoms with Gasteiger partial charge < -0.3 is 10.1 Å². The predicted molar refractivity (Wildman–Crippen MR) is 72.2 cm³/mol. The van der Waals surface area contributed by atoms with Crippen molar-refractivity contribution in [2.24, 2.45) is 11.3 Å². The van der Waals surface area contributed by atoms with Crippen molar-refractivity contribution in [3.63, 3.8) is 0 Å². The van der Waals surface area contributed by atoms with Crippen molar-refractivity contribution in [3.8, 4) is 0 Å². The summed E-state index contributed by atoms with van der Waals surface area (Å²) in [4.78, 5) is 0. The summed E-state index contributed by atoms with van der Waals surface area (Å²) in [5.74, 6) is 0.990. The third-order valence-corrected chi connectivity index (χ3v) is 4.36. The first-order valence-corrected chi connectivity index (χ1v) is 7.46. The molecule has 0 heterocycles. The van der Waals surface area contributed by atoms with Gasteiger partial charge in [0.1, 0.15) is 0 Å². The number of hydrogen-bond acceptors (Lipinski definition) is 2. The summed E-state index contributed by atoms with van der Waals surface area (Å²) >= 11 is 0. The van der Waals surface area contributed by atoms with Crippen LogP contribution in [0, 0.1) is 11.3 Å². The van der Waals surface area contributed by atoms with Crippen LogP contribution in [-0.2, 0) is 4.74 Å². The van der Waals surface area contributed by atoms with Crippen LogP contribution >= 0.6 is 0 Å². The lowest BCUT2D eigenvalue weighted by Gasteiger charge is -2.41. The molecule has 2 fully saturated rings. The van der Waals surface area contributed by atoms with Crippen molar-refractivity contribution in [1.29, 1.82) is 0 Å². The molecule has 0 saturated heterocycles. The lowest BCUT2D eigenvalue weighted by Crippen LogP contribution is -2.47. The van der Waals surface area contributed by atoms with E-state index in [-0.39, 0.29) is 0 Å². The Hall–Kier alpha value is -0.0800. The second-order valence-corrected chi connectivity index (χ2v) is 6.71.